The summed E-state index contributed by atoms with van der Waals surface area (Å²) in [6.45, 7) is 4.85. The molecule has 48 heavy (non-hydrogen) atoms. The van der Waals surface area contributed by atoms with Crippen molar-refractivity contribution >= 4 is 75.1 Å². The number of para-hydroxylation sites is 4. The molecule has 0 fully saturated rings. The first-order valence-corrected chi connectivity index (χ1v) is 17.5. The lowest BCUT2D eigenvalue weighted by Crippen LogP contribution is -2.16. The van der Waals surface area contributed by atoms with Crippen molar-refractivity contribution in [1.29, 1.82) is 0 Å². The lowest BCUT2D eigenvalue weighted by Gasteiger charge is -2.23. The topological polar surface area (TPSA) is 9.86 Å². The Morgan fingerprint density at radius 3 is 1.46 bits per heavy atom. The summed E-state index contributed by atoms with van der Waals surface area (Å²) in [6.07, 6.45) is 0. The van der Waals surface area contributed by atoms with Gasteiger partial charge in [-0.2, -0.15) is 0 Å². The number of benzene rings is 7. The molecular formula is C45H30N2S. The Bertz CT molecular complexity index is 2880. The molecule has 0 saturated carbocycles. The lowest BCUT2D eigenvalue weighted by molar-refractivity contribution is 0.666. The van der Waals surface area contributed by atoms with Gasteiger partial charge in [-0.25, -0.2) is 0 Å². The van der Waals surface area contributed by atoms with Gasteiger partial charge >= 0.3 is 0 Å². The van der Waals surface area contributed by atoms with Crippen molar-refractivity contribution in [2.75, 3.05) is 0 Å². The van der Waals surface area contributed by atoms with Gasteiger partial charge in [0, 0.05) is 58.5 Å². The maximum Gasteiger partial charge on any atom is 0.0541 e. The maximum atomic E-state index is 2.46. The largest absolute Gasteiger partial charge is 0.309 e. The van der Waals surface area contributed by atoms with Gasteiger partial charge in [0.15, 0.2) is 0 Å². The molecule has 3 aromatic heterocycles. The number of nitrogens with zero attached hydrogens (tertiary/aromatic N) is 2. The first-order chi connectivity index (χ1) is 23.6. The molecule has 1 aliphatic carbocycles. The second-order valence-corrected chi connectivity index (χ2v) is 14.8. The van der Waals surface area contributed by atoms with E-state index < -0.39 is 0 Å². The van der Waals surface area contributed by atoms with Gasteiger partial charge in [-0.05, 0) is 82.9 Å². The Hall–Kier alpha value is -5.64. The minimum atomic E-state index is -0.171. The fourth-order valence-electron chi connectivity index (χ4n) is 8.83. The standard InChI is InChI=1S/C45H30N2S/c1-45(2)36-26-28(47-39-17-9-5-13-32(39)33-14-6-10-18-40(33)47)19-21-29(36)34-22-24-42-43(44(34)45)35-25-27(20-23-41(35)48-42)46-37-15-7-3-11-30(37)31-12-4-8-16-38(31)46/h3-26H,1-2H3. The first-order valence-electron chi connectivity index (χ1n) is 16.7. The molecule has 0 aliphatic heterocycles. The third-order valence-corrected chi connectivity index (χ3v) is 12.0. The van der Waals surface area contributed by atoms with Gasteiger partial charge in [0.1, 0.15) is 0 Å². The monoisotopic (exact) mass is 630 g/mol. The number of fused-ring (bicyclic) bond motifs is 13. The molecule has 0 amide bonds. The van der Waals surface area contributed by atoms with Gasteiger partial charge in [0.2, 0.25) is 0 Å². The van der Waals surface area contributed by atoms with Gasteiger partial charge in [-0.15, -0.1) is 11.3 Å². The molecule has 0 radical (unpaired) electrons. The van der Waals surface area contributed by atoms with Crippen LogP contribution < -0.4 is 0 Å². The summed E-state index contributed by atoms with van der Waals surface area (Å²) in [5.74, 6) is 0. The van der Waals surface area contributed by atoms with Crippen LogP contribution in [0, 0.1) is 0 Å². The fraction of sp³-hybridized carbons (Fsp3) is 0.0667. The van der Waals surface area contributed by atoms with Crippen LogP contribution in [0.25, 0.3) is 86.3 Å². The van der Waals surface area contributed by atoms with Crippen molar-refractivity contribution in [3.63, 3.8) is 0 Å². The Morgan fingerprint density at radius 2 is 0.896 bits per heavy atom. The summed E-state index contributed by atoms with van der Waals surface area (Å²) >= 11 is 1.91. The van der Waals surface area contributed by atoms with Crippen LogP contribution in [-0.4, -0.2) is 9.13 Å². The molecule has 7 aromatic carbocycles. The SMILES string of the molecule is CC1(C)c2cc(-n3c4ccccc4c4ccccc43)ccc2-c2ccc3sc4ccc(-n5c6ccccc6c6ccccc65)cc4c3c21. The predicted octanol–water partition coefficient (Wildman–Crippen LogP) is 12.6. The Kier molecular flexibility index (Phi) is 5.09. The van der Waals surface area contributed by atoms with E-state index in [1.807, 2.05) is 11.3 Å². The third kappa shape index (κ3) is 3.31. The molecule has 3 heterocycles. The van der Waals surface area contributed by atoms with E-state index in [2.05, 4.69) is 169 Å². The number of thiophene rings is 1. The van der Waals surface area contributed by atoms with Crippen molar-refractivity contribution in [2.45, 2.75) is 19.3 Å². The Balaban J connectivity index is 1.15. The van der Waals surface area contributed by atoms with E-state index in [0.717, 1.165) is 0 Å². The van der Waals surface area contributed by atoms with E-state index in [1.54, 1.807) is 0 Å². The van der Waals surface area contributed by atoms with Gasteiger partial charge in [-0.1, -0.05) is 98.8 Å². The summed E-state index contributed by atoms with van der Waals surface area (Å²) in [4.78, 5) is 0. The fourth-order valence-corrected chi connectivity index (χ4v) is 9.92. The molecule has 3 heteroatoms. The number of hydrogen-bond donors (Lipinski definition) is 0. The van der Waals surface area contributed by atoms with Crippen molar-refractivity contribution in [3.8, 4) is 22.5 Å². The Morgan fingerprint density at radius 1 is 0.438 bits per heavy atom. The lowest BCUT2D eigenvalue weighted by atomic mass is 9.80. The molecule has 2 nitrogen and oxygen atoms in total. The second-order valence-electron chi connectivity index (χ2n) is 13.7. The van der Waals surface area contributed by atoms with Gasteiger partial charge in [0.25, 0.3) is 0 Å². The van der Waals surface area contributed by atoms with Crippen LogP contribution in [0.2, 0.25) is 0 Å². The molecule has 1 aliphatic rings. The van der Waals surface area contributed by atoms with Crippen molar-refractivity contribution in [3.05, 3.63) is 157 Å². The van der Waals surface area contributed by atoms with E-state index in [-0.39, 0.29) is 5.41 Å². The Labute approximate surface area is 281 Å². The van der Waals surface area contributed by atoms with E-state index in [9.17, 15) is 0 Å². The summed E-state index contributed by atoms with van der Waals surface area (Å²) in [6, 6.07) is 54.1. The maximum absolute atomic E-state index is 2.46. The number of aromatic nitrogens is 2. The van der Waals surface area contributed by atoms with Crippen LogP contribution >= 0.6 is 11.3 Å². The average Bonchev–Trinajstić information content (AvgIpc) is 3.83. The zero-order chi connectivity index (χ0) is 31.7. The highest BCUT2D eigenvalue weighted by molar-refractivity contribution is 7.25. The average molecular weight is 631 g/mol. The van der Waals surface area contributed by atoms with E-state index >= 15 is 0 Å². The summed E-state index contributed by atoms with van der Waals surface area (Å²) in [5, 5.41) is 7.91. The quantitative estimate of drug-likeness (QED) is 0.180. The highest BCUT2D eigenvalue weighted by Gasteiger charge is 2.38. The van der Waals surface area contributed by atoms with Crippen LogP contribution in [0.4, 0.5) is 0 Å². The smallest absolute Gasteiger partial charge is 0.0541 e. The molecular weight excluding hydrogens is 601 g/mol. The van der Waals surface area contributed by atoms with Gasteiger partial charge in [-0.3, -0.25) is 0 Å². The van der Waals surface area contributed by atoms with Crippen LogP contribution in [0.3, 0.4) is 0 Å². The second kappa shape index (κ2) is 9.25. The van der Waals surface area contributed by atoms with Crippen molar-refractivity contribution in [1.82, 2.24) is 9.13 Å². The predicted molar refractivity (Wildman–Crippen MR) is 206 cm³/mol. The highest BCUT2D eigenvalue weighted by atomic mass is 32.1. The van der Waals surface area contributed by atoms with E-state index in [0.29, 0.717) is 0 Å². The minimum Gasteiger partial charge on any atom is -0.309 e. The van der Waals surface area contributed by atoms with Crippen LogP contribution in [0.5, 0.6) is 0 Å². The number of rotatable bonds is 2. The summed E-state index contributed by atoms with van der Waals surface area (Å²) in [7, 11) is 0. The van der Waals surface area contributed by atoms with Crippen LogP contribution in [0.1, 0.15) is 25.0 Å². The van der Waals surface area contributed by atoms with Gasteiger partial charge in [0.05, 0.1) is 22.1 Å². The van der Waals surface area contributed by atoms with E-state index in [1.165, 1.54) is 97.4 Å². The minimum absolute atomic E-state index is 0.171. The number of hydrogen-bond acceptors (Lipinski definition) is 1. The molecule has 11 rings (SSSR count). The summed E-state index contributed by atoms with van der Waals surface area (Å²) < 4.78 is 7.57. The van der Waals surface area contributed by atoms with Crippen LogP contribution in [-0.2, 0) is 5.41 Å². The zero-order valence-corrected chi connectivity index (χ0v) is 27.5. The molecule has 0 N–H and O–H groups in total. The summed E-state index contributed by atoms with van der Waals surface area (Å²) in [5.41, 5.74) is 12.8. The van der Waals surface area contributed by atoms with Crippen molar-refractivity contribution in [2.24, 2.45) is 0 Å². The van der Waals surface area contributed by atoms with Gasteiger partial charge < -0.3 is 9.13 Å². The molecule has 226 valence electrons. The molecule has 0 spiro atoms. The molecule has 0 atom stereocenters. The molecule has 0 saturated heterocycles. The molecule has 10 aromatic rings. The third-order valence-electron chi connectivity index (χ3n) is 10.9. The zero-order valence-electron chi connectivity index (χ0n) is 26.7. The highest BCUT2D eigenvalue weighted by Crippen LogP contribution is 2.54. The van der Waals surface area contributed by atoms with Crippen molar-refractivity contribution < 1.29 is 0 Å². The molecule has 0 unspecified atom stereocenters. The first kappa shape index (κ1) is 26.4. The normalized spacial score (nSPS) is 13.8. The van der Waals surface area contributed by atoms with E-state index in [4.69, 9.17) is 0 Å². The molecule has 0 bridgehead atoms. The van der Waals surface area contributed by atoms with Crippen LogP contribution in [0.15, 0.2) is 146 Å².